The lowest BCUT2D eigenvalue weighted by molar-refractivity contribution is 0.492. The lowest BCUT2D eigenvalue weighted by Crippen LogP contribution is -2.11. The third-order valence-electron chi connectivity index (χ3n) is 1.35. The van der Waals surface area contributed by atoms with Gasteiger partial charge in [-0.3, -0.25) is 0 Å². The van der Waals surface area contributed by atoms with E-state index >= 15 is 0 Å². The van der Waals surface area contributed by atoms with E-state index in [1.165, 1.54) is 12.2 Å². The molecule has 0 fully saturated rings. The molecule has 0 aromatic carbocycles. The van der Waals surface area contributed by atoms with Gasteiger partial charge in [-0.05, 0) is 12.3 Å². The van der Waals surface area contributed by atoms with Crippen molar-refractivity contribution in [3.63, 3.8) is 0 Å². The molecule has 0 aliphatic carbocycles. The average molecular weight is 168 g/mol. The van der Waals surface area contributed by atoms with Gasteiger partial charge in [-0.2, -0.15) is 0 Å². The highest BCUT2D eigenvalue weighted by Crippen LogP contribution is 2.07. The standard InChI is InChI=1S/C8H12N2O2/c1-7(2)3-8(10-6-12)4-9-5-11/h7-8H,3-4H2,1-2H3. The molecule has 0 amide bonds. The van der Waals surface area contributed by atoms with Gasteiger partial charge in [0, 0.05) is 0 Å². The fourth-order valence-corrected chi connectivity index (χ4v) is 0.929. The molecule has 0 aromatic rings. The summed E-state index contributed by atoms with van der Waals surface area (Å²) in [5, 5.41) is 0. The van der Waals surface area contributed by atoms with E-state index in [1.807, 2.05) is 13.8 Å². The second-order valence-electron chi connectivity index (χ2n) is 2.94. The van der Waals surface area contributed by atoms with E-state index in [-0.39, 0.29) is 12.6 Å². The van der Waals surface area contributed by atoms with Gasteiger partial charge in [-0.25, -0.2) is 19.6 Å². The van der Waals surface area contributed by atoms with Crippen molar-refractivity contribution in [2.45, 2.75) is 26.3 Å². The molecule has 0 radical (unpaired) electrons. The van der Waals surface area contributed by atoms with Crippen LogP contribution in [0.25, 0.3) is 0 Å². The first-order valence-corrected chi connectivity index (χ1v) is 3.81. The Kier molecular flexibility index (Phi) is 5.80. The molecule has 1 unspecified atom stereocenters. The summed E-state index contributed by atoms with van der Waals surface area (Å²) < 4.78 is 0. The first-order chi connectivity index (χ1) is 5.70. The molecule has 0 spiro atoms. The highest BCUT2D eigenvalue weighted by atomic mass is 16.1. The van der Waals surface area contributed by atoms with Crippen LogP contribution in [0.3, 0.4) is 0 Å². The molecule has 0 heterocycles. The molecular formula is C8H12N2O2. The van der Waals surface area contributed by atoms with Crippen LogP contribution in [0, 0.1) is 5.92 Å². The van der Waals surface area contributed by atoms with Crippen LogP contribution in [0.5, 0.6) is 0 Å². The Balaban J connectivity index is 4.02. The summed E-state index contributed by atoms with van der Waals surface area (Å²) in [5.41, 5.74) is 0. The van der Waals surface area contributed by atoms with Gasteiger partial charge >= 0.3 is 0 Å². The van der Waals surface area contributed by atoms with Crippen LogP contribution in [0.15, 0.2) is 9.98 Å². The molecule has 0 rings (SSSR count). The summed E-state index contributed by atoms with van der Waals surface area (Å²) in [7, 11) is 0. The van der Waals surface area contributed by atoms with Gasteiger partial charge < -0.3 is 0 Å². The van der Waals surface area contributed by atoms with Crippen molar-refractivity contribution in [3.05, 3.63) is 0 Å². The molecule has 0 aromatic heterocycles. The van der Waals surface area contributed by atoms with Crippen molar-refractivity contribution in [1.29, 1.82) is 0 Å². The van der Waals surface area contributed by atoms with Gasteiger partial charge in [0.2, 0.25) is 12.2 Å². The Morgan fingerprint density at radius 3 is 2.33 bits per heavy atom. The van der Waals surface area contributed by atoms with E-state index in [4.69, 9.17) is 0 Å². The zero-order valence-corrected chi connectivity index (χ0v) is 7.28. The third kappa shape index (κ3) is 5.54. The average Bonchev–Trinajstić information content (AvgIpc) is 2.00. The number of carbonyl (C=O) groups excluding carboxylic acids is 2. The molecule has 0 aliphatic heterocycles. The van der Waals surface area contributed by atoms with Gasteiger partial charge in [0.05, 0.1) is 12.6 Å². The number of isocyanates is 2. The van der Waals surface area contributed by atoms with Gasteiger partial charge in [-0.15, -0.1) is 0 Å². The molecule has 0 saturated heterocycles. The van der Waals surface area contributed by atoms with E-state index < -0.39 is 0 Å². The quantitative estimate of drug-likeness (QED) is 0.455. The van der Waals surface area contributed by atoms with Crippen molar-refractivity contribution in [1.82, 2.24) is 0 Å². The van der Waals surface area contributed by atoms with E-state index in [0.717, 1.165) is 6.42 Å². The van der Waals surface area contributed by atoms with Crippen LogP contribution in [0.4, 0.5) is 0 Å². The van der Waals surface area contributed by atoms with Crippen LogP contribution >= 0.6 is 0 Å². The Morgan fingerprint density at radius 2 is 1.92 bits per heavy atom. The Hall–Kier alpha value is -1.24. The maximum atomic E-state index is 9.93. The number of hydrogen-bond donors (Lipinski definition) is 0. The van der Waals surface area contributed by atoms with Gasteiger partial charge in [0.1, 0.15) is 0 Å². The van der Waals surface area contributed by atoms with E-state index in [9.17, 15) is 9.59 Å². The smallest absolute Gasteiger partial charge is 0.211 e. The Morgan fingerprint density at radius 1 is 1.25 bits per heavy atom. The van der Waals surface area contributed by atoms with Crippen molar-refractivity contribution < 1.29 is 9.59 Å². The number of aliphatic imine (C=N–C) groups is 2. The zero-order valence-electron chi connectivity index (χ0n) is 7.28. The third-order valence-corrected chi connectivity index (χ3v) is 1.35. The van der Waals surface area contributed by atoms with Crippen molar-refractivity contribution >= 4 is 12.2 Å². The second-order valence-corrected chi connectivity index (χ2v) is 2.94. The molecule has 4 heteroatoms. The summed E-state index contributed by atoms with van der Waals surface area (Å²) in [6.45, 7) is 4.26. The first kappa shape index (κ1) is 10.8. The fraction of sp³-hybridized carbons (Fsp3) is 0.750. The monoisotopic (exact) mass is 168 g/mol. The predicted molar refractivity (Wildman–Crippen MR) is 44.4 cm³/mol. The minimum absolute atomic E-state index is 0.219. The number of hydrogen-bond acceptors (Lipinski definition) is 4. The minimum atomic E-state index is -0.219. The van der Waals surface area contributed by atoms with Crippen molar-refractivity contribution in [2.24, 2.45) is 15.9 Å². The van der Waals surface area contributed by atoms with Gasteiger partial charge in [-0.1, -0.05) is 13.8 Å². The molecular weight excluding hydrogens is 156 g/mol. The highest BCUT2D eigenvalue weighted by molar-refractivity contribution is 5.35. The highest BCUT2D eigenvalue weighted by Gasteiger charge is 2.07. The summed E-state index contributed by atoms with van der Waals surface area (Å²) in [6.07, 6.45) is 3.62. The van der Waals surface area contributed by atoms with Crippen LogP contribution in [0.2, 0.25) is 0 Å². The van der Waals surface area contributed by atoms with Crippen LogP contribution in [-0.2, 0) is 9.59 Å². The van der Waals surface area contributed by atoms with Crippen LogP contribution in [-0.4, -0.2) is 24.7 Å². The van der Waals surface area contributed by atoms with Crippen molar-refractivity contribution in [3.8, 4) is 0 Å². The zero-order chi connectivity index (χ0) is 9.40. The number of nitrogens with zero attached hydrogens (tertiary/aromatic N) is 2. The molecule has 0 saturated carbocycles. The lowest BCUT2D eigenvalue weighted by atomic mass is 10.0. The summed E-state index contributed by atoms with van der Waals surface area (Å²) in [4.78, 5) is 26.6. The van der Waals surface area contributed by atoms with E-state index in [1.54, 1.807) is 0 Å². The molecule has 12 heavy (non-hydrogen) atoms. The van der Waals surface area contributed by atoms with E-state index in [2.05, 4.69) is 9.98 Å². The lowest BCUT2D eigenvalue weighted by Gasteiger charge is -2.08. The van der Waals surface area contributed by atoms with Crippen LogP contribution in [0.1, 0.15) is 20.3 Å². The topological polar surface area (TPSA) is 58.9 Å². The Bertz CT molecular complexity index is 213. The molecule has 66 valence electrons. The van der Waals surface area contributed by atoms with Crippen LogP contribution < -0.4 is 0 Å². The number of rotatable bonds is 5. The molecule has 1 atom stereocenters. The predicted octanol–water partition coefficient (Wildman–Crippen LogP) is 1.07. The maximum Gasteiger partial charge on any atom is 0.235 e. The summed E-state index contributed by atoms with van der Waals surface area (Å²) >= 11 is 0. The normalized spacial score (nSPS) is 11.6. The molecule has 0 bridgehead atoms. The first-order valence-electron chi connectivity index (χ1n) is 3.81. The maximum absolute atomic E-state index is 9.93. The van der Waals surface area contributed by atoms with Crippen molar-refractivity contribution in [2.75, 3.05) is 6.54 Å². The van der Waals surface area contributed by atoms with Gasteiger partial charge in [0.15, 0.2) is 0 Å². The van der Waals surface area contributed by atoms with Gasteiger partial charge in [0.25, 0.3) is 0 Å². The second kappa shape index (κ2) is 6.47. The fourth-order valence-electron chi connectivity index (χ4n) is 0.929. The largest absolute Gasteiger partial charge is 0.235 e. The summed E-state index contributed by atoms with van der Waals surface area (Å²) in [6, 6.07) is -0.219. The van der Waals surface area contributed by atoms with E-state index in [0.29, 0.717) is 5.92 Å². The molecule has 0 N–H and O–H groups in total. The Labute approximate surface area is 71.4 Å². The molecule has 4 nitrogen and oxygen atoms in total. The summed E-state index contributed by atoms with van der Waals surface area (Å²) in [5.74, 6) is 0.425. The minimum Gasteiger partial charge on any atom is -0.211 e. The SMILES string of the molecule is CC(C)CC(CN=C=O)N=C=O. The molecule has 0 aliphatic rings.